The van der Waals surface area contributed by atoms with Gasteiger partial charge in [0.25, 0.3) is 0 Å². The smallest absolute Gasteiger partial charge is 0.352 e. The van der Waals surface area contributed by atoms with E-state index in [0.717, 1.165) is 12.5 Å². The van der Waals surface area contributed by atoms with E-state index in [1.54, 1.807) is 17.8 Å². The number of hydrogen-bond donors (Lipinski definition) is 2. The van der Waals surface area contributed by atoms with Crippen LogP contribution in [0.1, 0.15) is 19.8 Å². The van der Waals surface area contributed by atoms with E-state index in [1.807, 2.05) is 6.92 Å². The molecule has 0 aliphatic carbocycles. The molecule has 0 radical (unpaired) electrons. The normalized spacial score (nSPS) is 39.2. The van der Waals surface area contributed by atoms with Crippen LogP contribution in [0.2, 0.25) is 0 Å². The van der Waals surface area contributed by atoms with Crippen molar-refractivity contribution in [3.05, 3.63) is 11.8 Å². The summed E-state index contributed by atoms with van der Waals surface area (Å²) in [5.74, 6) is 0.417. The highest BCUT2D eigenvalue weighted by molar-refractivity contribution is 8.00. The maximum Gasteiger partial charge on any atom is 0.352 e. The Kier molecular flexibility index (Phi) is 4.47. The highest BCUT2D eigenvalue weighted by Gasteiger charge is 2.49. The van der Waals surface area contributed by atoms with E-state index in [-0.39, 0.29) is 22.9 Å². The molecular weight excluding hydrogens is 302 g/mol. The quantitative estimate of drug-likeness (QED) is 0.685. The molecule has 22 heavy (non-hydrogen) atoms. The first-order valence-corrected chi connectivity index (χ1v) is 8.90. The second-order valence-electron chi connectivity index (χ2n) is 6.42. The number of carboxylic acid groups (broad SMARTS) is 1. The summed E-state index contributed by atoms with van der Waals surface area (Å²) >= 11 is 1.61. The Morgan fingerprint density at radius 2 is 2.09 bits per heavy atom. The minimum atomic E-state index is -1.01. The van der Waals surface area contributed by atoms with Gasteiger partial charge in [0.2, 0.25) is 5.91 Å². The second-order valence-corrected chi connectivity index (χ2v) is 7.57. The van der Waals surface area contributed by atoms with Crippen molar-refractivity contribution < 1.29 is 14.7 Å². The molecule has 3 N–H and O–H groups in total. The number of thioether (sulfide) groups is 1. The summed E-state index contributed by atoms with van der Waals surface area (Å²) in [6.45, 7) is 5.60. The molecule has 0 aromatic carbocycles. The topological polar surface area (TPSA) is 86.9 Å². The van der Waals surface area contributed by atoms with E-state index in [9.17, 15) is 9.59 Å². The molecule has 2 bridgehead atoms. The van der Waals surface area contributed by atoms with Crippen LogP contribution in [0, 0.1) is 11.8 Å². The number of fused-ring (bicyclic) bond motifs is 4. The number of nitrogens with zero attached hydrogens (tertiary/aromatic N) is 2. The summed E-state index contributed by atoms with van der Waals surface area (Å²) in [7, 11) is 0. The Balaban J connectivity index is 0.000000139. The minimum Gasteiger partial charge on any atom is -0.477 e. The number of carbonyl (C=O) groups excluding carboxylic acids is 1. The number of aliphatic carboxylic acids is 1. The minimum absolute atomic E-state index is 0.0342. The van der Waals surface area contributed by atoms with Gasteiger partial charge in [-0.1, -0.05) is 6.92 Å². The van der Waals surface area contributed by atoms with Crippen molar-refractivity contribution in [1.82, 2.24) is 9.80 Å². The zero-order valence-electron chi connectivity index (χ0n) is 12.8. The second kappa shape index (κ2) is 6.22. The molecule has 4 fully saturated rings. The lowest BCUT2D eigenvalue weighted by atomic mass is 9.85. The van der Waals surface area contributed by atoms with Crippen LogP contribution in [-0.2, 0) is 9.59 Å². The fourth-order valence-electron chi connectivity index (χ4n) is 3.61. The molecular formula is C15H23N3O3S. The fraction of sp³-hybridized carbons (Fsp3) is 0.733. The number of carboxylic acids is 1. The molecule has 5 heterocycles. The fourth-order valence-corrected chi connectivity index (χ4v) is 4.83. The standard InChI is InChI=1S/C8H9NO3S.C7H14N2/c1-4-6(10)9-5(8(11)12)2-3-13-7(4)9;8-7-5-9-3-1-6(7)2-4-9/h2,4,7H,3H2,1H3,(H,11,12);6-7H,1-5,8H2/t4?,7-;/m0./s1. The molecule has 0 aromatic rings. The molecule has 5 aliphatic rings. The number of β-lactam (4-membered cyclic amide) rings is 1. The third-order valence-corrected chi connectivity index (χ3v) is 6.36. The van der Waals surface area contributed by atoms with E-state index in [2.05, 4.69) is 4.90 Å². The summed E-state index contributed by atoms with van der Waals surface area (Å²) < 4.78 is 0. The third-order valence-electron chi connectivity index (χ3n) is 5.04. The summed E-state index contributed by atoms with van der Waals surface area (Å²) in [6.07, 6.45) is 4.29. The van der Waals surface area contributed by atoms with Crippen molar-refractivity contribution >= 4 is 23.6 Å². The molecule has 4 saturated heterocycles. The number of rotatable bonds is 1. The maximum atomic E-state index is 11.3. The van der Waals surface area contributed by atoms with Crippen molar-refractivity contribution in [2.75, 3.05) is 25.4 Å². The Hall–Kier alpha value is -1.05. The van der Waals surface area contributed by atoms with Crippen molar-refractivity contribution in [2.24, 2.45) is 17.6 Å². The SMILES string of the molecule is CC1C(=O)N2C(C(=O)O)=CCS[C@@H]12.NC1CN2CCC1CC2. The monoisotopic (exact) mass is 325 g/mol. The molecule has 6 nitrogen and oxygen atoms in total. The zero-order valence-corrected chi connectivity index (χ0v) is 13.6. The van der Waals surface area contributed by atoms with Crippen LogP contribution in [0.5, 0.6) is 0 Å². The number of nitrogens with two attached hydrogens (primary N) is 1. The molecule has 7 heteroatoms. The summed E-state index contributed by atoms with van der Waals surface area (Å²) in [5, 5.41) is 8.84. The number of carbonyl (C=O) groups is 2. The van der Waals surface area contributed by atoms with E-state index in [0.29, 0.717) is 11.8 Å². The molecule has 2 unspecified atom stereocenters. The van der Waals surface area contributed by atoms with Gasteiger partial charge < -0.3 is 15.7 Å². The van der Waals surface area contributed by atoms with Crippen molar-refractivity contribution in [2.45, 2.75) is 31.2 Å². The first-order valence-electron chi connectivity index (χ1n) is 7.85. The Bertz CT molecular complexity index is 502. The molecule has 0 aromatic heterocycles. The van der Waals surface area contributed by atoms with Gasteiger partial charge >= 0.3 is 5.97 Å². The van der Waals surface area contributed by atoms with Gasteiger partial charge in [-0.05, 0) is 37.9 Å². The molecule has 1 amide bonds. The van der Waals surface area contributed by atoms with Gasteiger partial charge in [0.05, 0.1) is 11.3 Å². The lowest BCUT2D eigenvalue weighted by Gasteiger charge is -2.47. The molecule has 3 atom stereocenters. The molecule has 0 spiro atoms. The van der Waals surface area contributed by atoms with Gasteiger partial charge in [-0.25, -0.2) is 4.79 Å². The van der Waals surface area contributed by atoms with Crippen molar-refractivity contribution in [1.29, 1.82) is 0 Å². The third kappa shape index (κ3) is 2.77. The lowest BCUT2D eigenvalue weighted by Crippen LogP contribution is -2.59. The van der Waals surface area contributed by atoms with Crippen molar-refractivity contribution in [3.63, 3.8) is 0 Å². The number of hydrogen-bond acceptors (Lipinski definition) is 5. The summed E-state index contributed by atoms with van der Waals surface area (Å²) in [6, 6.07) is 0.493. The average molecular weight is 325 g/mol. The molecule has 5 rings (SSSR count). The average Bonchev–Trinajstić information content (AvgIpc) is 2.54. The summed E-state index contributed by atoms with van der Waals surface area (Å²) in [5.41, 5.74) is 6.02. The largest absolute Gasteiger partial charge is 0.477 e. The van der Waals surface area contributed by atoms with Gasteiger partial charge in [0.15, 0.2) is 0 Å². The Labute approximate surface area is 134 Å². The van der Waals surface area contributed by atoms with Gasteiger partial charge in [0, 0.05) is 18.3 Å². The zero-order chi connectivity index (χ0) is 15.9. The van der Waals surface area contributed by atoms with Gasteiger partial charge in [-0.3, -0.25) is 9.69 Å². The lowest BCUT2D eigenvalue weighted by molar-refractivity contribution is -0.151. The van der Waals surface area contributed by atoms with Crippen LogP contribution in [0.4, 0.5) is 0 Å². The van der Waals surface area contributed by atoms with Crippen LogP contribution >= 0.6 is 11.8 Å². The van der Waals surface area contributed by atoms with Crippen LogP contribution in [0.3, 0.4) is 0 Å². The number of amides is 1. The van der Waals surface area contributed by atoms with Crippen LogP contribution in [-0.4, -0.2) is 63.6 Å². The van der Waals surface area contributed by atoms with Crippen LogP contribution in [0.25, 0.3) is 0 Å². The maximum absolute atomic E-state index is 11.3. The molecule has 0 saturated carbocycles. The predicted octanol–water partition coefficient (Wildman–Crippen LogP) is 0.545. The van der Waals surface area contributed by atoms with E-state index in [1.165, 1.54) is 30.8 Å². The Morgan fingerprint density at radius 3 is 2.55 bits per heavy atom. The van der Waals surface area contributed by atoms with Crippen LogP contribution in [0.15, 0.2) is 11.8 Å². The van der Waals surface area contributed by atoms with Crippen molar-refractivity contribution in [3.8, 4) is 0 Å². The summed E-state index contributed by atoms with van der Waals surface area (Å²) in [4.78, 5) is 25.9. The van der Waals surface area contributed by atoms with Crippen LogP contribution < -0.4 is 5.73 Å². The molecule has 5 aliphatic heterocycles. The highest BCUT2D eigenvalue weighted by atomic mass is 32.2. The predicted molar refractivity (Wildman–Crippen MR) is 85.1 cm³/mol. The van der Waals surface area contributed by atoms with Gasteiger partial charge in [-0.15, -0.1) is 11.8 Å². The number of piperidine rings is 3. The molecule has 122 valence electrons. The van der Waals surface area contributed by atoms with E-state index in [4.69, 9.17) is 10.8 Å². The Morgan fingerprint density at radius 1 is 1.41 bits per heavy atom. The van der Waals surface area contributed by atoms with E-state index < -0.39 is 5.97 Å². The van der Waals surface area contributed by atoms with Gasteiger partial charge in [-0.2, -0.15) is 0 Å². The first-order chi connectivity index (χ1) is 10.5. The highest BCUT2D eigenvalue weighted by Crippen LogP contribution is 2.40. The first kappa shape index (κ1) is 15.8. The van der Waals surface area contributed by atoms with E-state index >= 15 is 0 Å². The van der Waals surface area contributed by atoms with Gasteiger partial charge in [0.1, 0.15) is 5.70 Å².